The number of nitrogens with two attached hydrogens (primary N) is 1. The molecule has 0 spiro atoms. The Bertz CT molecular complexity index is 838. The van der Waals surface area contributed by atoms with Crippen LogP contribution in [0.4, 0.5) is 11.4 Å². The van der Waals surface area contributed by atoms with E-state index >= 15 is 0 Å². The van der Waals surface area contributed by atoms with Crippen LogP contribution >= 0.6 is 0 Å². The molecule has 6 heteroatoms. The van der Waals surface area contributed by atoms with Crippen LogP contribution in [0.1, 0.15) is 24.5 Å². The Morgan fingerprint density at radius 3 is 2.75 bits per heavy atom. The summed E-state index contributed by atoms with van der Waals surface area (Å²) in [4.78, 5) is 14.9. The summed E-state index contributed by atoms with van der Waals surface area (Å²) in [6, 6.07) is 11.5. The number of anilines is 2. The lowest BCUT2D eigenvalue weighted by molar-refractivity contribution is -0.122. The van der Waals surface area contributed by atoms with E-state index < -0.39 is 0 Å². The zero-order chi connectivity index (χ0) is 20.1. The van der Waals surface area contributed by atoms with Gasteiger partial charge in [0.25, 0.3) is 0 Å². The molecule has 2 aromatic carbocycles. The SMILES string of the molecule is COc1ccc(CCNC(=O)C(C)N2CCCc3c(N)cccc32)cc1OC. The highest BCUT2D eigenvalue weighted by Crippen LogP contribution is 2.32. The first-order valence-electron chi connectivity index (χ1n) is 9.67. The van der Waals surface area contributed by atoms with Gasteiger partial charge in [-0.25, -0.2) is 0 Å². The zero-order valence-electron chi connectivity index (χ0n) is 16.8. The Kier molecular flexibility index (Phi) is 6.29. The number of benzene rings is 2. The van der Waals surface area contributed by atoms with Gasteiger partial charge in [0.1, 0.15) is 6.04 Å². The molecular formula is C22H29N3O3. The molecule has 1 aliphatic heterocycles. The molecule has 0 radical (unpaired) electrons. The summed E-state index contributed by atoms with van der Waals surface area (Å²) in [5, 5.41) is 3.06. The summed E-state index contributed by atoms with van der Waals surface area (Å²) in [6.45, 7) is 3.38. The first-order valence-corrected chi connectivity index (χ1v) is 9.67. The second kappa shape index (κ2) is 8.87. The Morgan fingerprint density at radius 1 is 1.21 bits per heavy atom. The van der Waals surface area contributed by atoms with Crippen molar-refractivity contribution in [1.82, 2.24) is 5.32 Å². The fraction of sp³-hybridized carbons (Fsp3) is 0.409. The number of hydrogen-bond donors (Lipinski definition) is 2. The average molecular weight is 383 g/mol. The minimum absolute atomic E-state index is 0.0238. The Labute approximate surface area is 166 Å². The first kappa shape index (κ1) is 19.9. The Hall–Kier alpha value is -2.89. The third-order valence-corrected chi connectivity index (χ3v) is 5.33. The number of nitrogens with zero attached hydrogens (tertiary/aromatic N) is 1. The normalized spacial score (nSPS) is 14.2. The highest BCUT2D eigenvalue weighted by atomic mass is 16.5. The summed E-state index contributed by atoms with van der Waals surface area (Å²) >= 11 is 0. The van der Waals surface area contributed by atoms with Gasteiger partial charge in [0.05, 0.1) is 14.2 Å². The van der Waals surface area contributed by atoms with Crippen LogP contribution in [-0.2, 0) is 17.6 Å². The molecule has 0 saturated heterocycles. The molecule has 0 fully saturated rings. The molecule has 1 atom stereocenters. The van der Waals surface area contributed by atoms with E-state index in [1.54, 1.807) is 14.2 Å². The monoisotopic (exact) mass is 383 g/mol. The number of amides is 1. The molecule has 0 aliphatic carbocycles. The highest BCUT2D eigenvalue weighted by molar-refractivity contribution is 5.86. The van der Waals surface area contributed by atoms with Crippen molar-refractivity contribution in [2.75, 3.05) is 37.9 Å². The molecule has 1 amide bonds. The third-order valence-electron chi connectivity index (χ3n) is 5.33. The number of rotatable bonds is 7. The average Bonchev–Trinajstić information content (AvgIpc) is 2.73. The second-order valence-corrected chi connectivity index (χ2v) is 7.05. The van der Waals surface area contributed by atoms with Gasteiger partial charge in [0, 0.05) is 24.5 Å². The largest absolute Gasteiger partial charge is 0.493 e. The van der Waals surface area contributed by atoms with Gasteiger partial charge < -0.3 is 25.4 Å². The van der Waals surface area contributed by atoms with Crippen molar-refractivity contribution >= 4 is 17.3 Å². The minimum atomic E-state index is -0.244. The van der Waals surface area contributed by atoms with Gasteiger partial charge in [-0.2, -0.15) is 0 Å². The molecule has 1 aliphatic rings. The van der Waals surface area contributed by atoms with E-state index in [2.05, 4.69) is 16.3 Å². The van der Waals surface area contributed by atoms with Crippen molar-refractivity contribution in [3.8, 4) is 11.5 Å². The molecule has 0 saturated carbocycles. The van der Waals surface area contributed by atoms with Crippen molar-refractivity contribution in [2.24, 2.45) is 0 Å². The molecule has 150 valence electrons. The maximum Gasteiger partial charge on any atom is 0.242 e. The van der Waals surface area contributed by atoms with Crippen LogP contribution in [0.5, 0.6) is 11.5 Å². The summed E-state index contributed by atoms with van der Waals surface area (Å²) < 4.78 is 10.6. The van der Waals surface area contributed by atoms with E-state index in [1.807, 2.05) is 37.3 Å². The van der Waals surface area contributed by atoms with Crippen LogP contribution in [0.15, 0.2) is 36.4 Å². The number of fused-ring (bicyclic) bond motifs is 1. The predicted octanol–water partition coefficient (Wildman–Crippen LogP) is 2.79. The van der Waals surface area contributed by atoms with Crippen molar-refractivity contribution < 1.29 is 14.3 Å². The Morgan fingerprint density at radius 2 is 2.00 bits per heavy atom. The van der Waals surface area contributed by atoms with Gasteiger partial charge in [0.15, 0.2) is 11.5 Å². The fourth-order valence-corrected chi connectivity index (χ4v) is 3.74. The number of nitrogens with one attached hydrogen (secondary N) is 1. The van der Waals surface area contributed by atoms with E-state index in [1.165, 1.54) is 0 Å². The number of carbonyl (C=O) groups is 1. The van der Waals surface area contributed by atoms with Crippen LogP contribution in [0.25, 0.3) is 0 Å². The zero-order valence-corrected chi connectivity index (χ0v) is 16.8. The second-order valence-electron chi connectivity index (χ2n) is 7.05. The summed E-state index contributed by atoms with van der Waals surface area (Å²) in [7, 11) is 3.24. The summed E-state index contributed by atoms with van der Waals surface area (Å²) in [5.74, 6) is 1.42. The fourth-order valence-electron chi connectivity index (χ4n) is 3.74. The van der Waals surface area contributed by atoms with Gasteiger partial charge in [-0.15, -0.1) is 0 Å². The van der Waals surface area contributed by atoms with Gasteiger partial charge >= 0.3 is 0 Å². The minimum Gasteiger partial charge on any atom is -0.493 e. The van der Waals surface area contributed by atoms with Gasteiger partial charge in [-0.1, -0.05) is 12.1 Å². The van der Waals surface area contributed by atoms with Crippen LogP contribution in [0, 0.1) is 0 Å². The molecule has 1 unspecified atom stereocenters. The standard InChI is InChI=1S/C22H29N3O3/c1-15(25-13-5-6-17-18(23)7-4-8-19(17)25)22(26)24-12-11-16-9-10-20(27-2)21(14-16)28-3/h4,7-10,14-15H,5-6,11-13,23H2,1-3H3,(H,24,26). The quantitative estimate of drug-likeness (QED) is 0.719. The predicted molar refractivity (Wildman–Crippen MR) is 112 cm³/mol. The molecule has 6 nitrogen and oxygen atoms in total. The van der Waals surface area contributed by atoms with Crippen LogP contribution < -0.4 is 25.4 Å². The topological polar surface area (TPSA) is 76.8 Å². The maximum absolute atomic E-state index is 12.7. The summed E-state index contributed by atoms with van der Waals surface area (Å²) in [5.41, 5.74) is 10.2. The molecule has 1 heterocycles. The summed E-state index contributed by atoms with van der Waals surface area (Å²) in [6.07, 6.45) is 2.69. The molecular weight excluding hydrogens is 354 g/mol. The first-order chi connectivity index (χ1) is 13.5. The van der Waals surface area contributed by atoms with E-state index in [4.69, 9.17) is 15.2 Å². The van der Waals surface area contributed by atoms with Gasteiger partial charge in [-0.3, -0.25) is 4.79 Å². The molecule has 2 aromatic rings. The van der Waals surface area contributed by atoms with Crippen LogP contribution in [0.3, 0.4) is 0 Å². The van der Waals surface area contributed by atoms with Crippen molar-refractivity contribution in [3.05, 3.63) is 47.5 Å². The molecule has 0 bridgehead atoms. The van der Waals surface area contributed by atoms with E-state index in [0.717, 1.165) is 48.3 Å². The Balaban J connectivity index is 1.59. The highest BCUT2D eigenvalue weighted by Gasteiger charge is 2.26. The number of hydrogen-bond acceptors (Lipinski definition) is 5. The molecule has 28 heavy (non-hydrogen) atoms. The van der Waals surface area contributed by atoms with Crippen LogP contribution in [0.2, 0.25) is 0 Å². The smallest absolute Gasteiger partial charge is 0.242 e. The number of nitrogen functional groups attached to an aromatic ring is 1. The lowest BCUT2D eigenvalue weighted by Gasteiger charge is -2.36. The molecule has 0 aromatic heterocycles. The van der Waals surface area contributed by atoms with E-state index in [0.29, 0.717) is 18.0 Å². The van der Waals surface area contributed by atoms with Crippen molar-refractivity contribution in [3.63, 3.8) is 0 Å². The lowest BCUT2D eigenvalue weighted by atomic mass is 9.98. The number of carbonyl (C=O) groups excluding carboxylic acids is 1. The van der Waals surface area contributed by atoms with Gasteiger partial charge in [0.2, 0.25) is 5.91 Å². The van der Waals surface area contributed by atoms with E-state index in [9.17, 15) is 4.79 Å². The number of ether oxygens (including phenoxy) is 2. The van der Waals surface area contributed by atoms with Crippen molar-refractivity contribution in [1.29, 1.82) is 0 Å². The third kappa shape index (κ3) is 4.16. The lowest BCUT2D eigenvalue weighted by Crippen LogP contribution is -2.47. The van der Waals surface area contributed by atoms with E-state index in [-0.39, 0.29) is 11.9 Å². The number of methoxy groups -OCH3 is 2. The molecule has 3 N–H and O–H groups in total. The van der Waals surface area contributed by atoms with Crippen molar-refractivity contribution in [2.45, 2.75) is 32.2 Å². The van der Waals surface area contributed by atoms with Gasteiger partial charge in [-0.05, 0) is 61.6 Å². The van der Waals surface area contributed by atoms with Crippen LogP contribution in [-0.4, -0.2) is 39.3 Å². The maximum atomic E-state index is 12.7. The molecule has 3 rings (SSSR count).